The maximum absolute atomic E-state index is 13.6. The van der Waals surface area contributed by atoms with Crippen LogP contribution in [0.4, 0.5) is 4.39 Å². The third-order valence-electron chi connectivity index (χ3n) is 2.61. The van der Waals surface area contributed by atoms with Crippen LogP contribution in [0.3, 0.4) is 0 Å². The minimum atomic E-state index is -0.423. The summed E-state index contributed by atoms with van der Waals surface area (Å²) in [6.45, 7) is 1.86. The molecule has 0 fully saturated rings. The third-order valence-corrected chi connectivity index (χ3v) is 3.10. The second-order valence-electron chi connectivity index (χ2n) is 3.92. The van der Waals surface area contributed by atoms with Gasteiger partial charge in [0.2, 0.25) is 0 Å². The highest BCUT2D eigenvalue weighted by atomic mass is 79.9. The highest BCUT2D eigenvalue weighted by molar-refractivity contribution is 9.10. The second kappa shape index (κ2) is 5.50. The lowest BCUT2D eigenvalue weighted by Crippen LogP contribution is -1.92. The van der Waals surface area contributed by atoms with Crippen molar-refractivity contribution in [2.75, 3.05) is 0 Å². The van der Waals surface area contributed by atoms with Gasteiger partial charge < -0.3 is 9.84 Å². The molecule has 2 aromatic carbocycles. The quantitative estimate of drug-likeness (QED) is 0.921. The smallest absolute Gasteiger partial charge is 0.166 e. The molecule has 2 aromatic rings. The zero-order valence-corrected chi connectivity index (χ0v) is 11.4. The highest BCUT2D eigenvalue weighted by Gasteiger charge is 2.06. The number of hydrogen-bond donors (Lipinski definition) is 1. The number of aliphatic hydroxyl groups excluding tert-OH is 1. The Morgan fingerprint density at radius 2 is 2.00 bits per heavy atom. The van der Waals surface area contributed by atoms with Gasteiger partial charge in [0, 0.05) is 4.47 Å². The van der Waals surface area contributed by atoms with E-state index in [9.17, 15) is 4.39 Å². The molecule has 0 heterocycles. The van der Waals surface area contributed by atoms with Crippen LogP contribution in [0.1, 0.15) is 11.1 Å². The number of hydrogen-bond acceptors (Lipinski definition) is 2. The molecule has 94 valence electrons. The van der Waals surface area contributed by atoms with Gasteiger partial charge in [-0.3, -0.25) is 0 Å². The van der Waals surface area contributed by atoms with Crippen LogP contribution in [0.5, 0.6) is 11.5 Å². The summed E-state index contributed by atoms with van der Waals surface area (Å²) in [7, 11) is 0. The summed E-state index contributed by atoms with van der Waals surface area (Å²) >= 11 is 3.19. The van der Waals surface area contributed by atoms with Crippen molar-refractivity contribution in [1.82, 2.24) is 0 Å². The second-order valence-corrected chi connectivity index (χ2v) is 4.84. The number of ether oxygens (including phenoxy) is 1. The normalized spacial score (nSPS) is 10.4. The monoisotopic (exact) mass is 310 g/mol. The Bertz CT molecular complexity index is 570. The molecule has 0 saturated carbocycles. The van der Waals surface area contributed by atoms with Gasteiger partial charge in [-0.2, -0.15) is 0 Å². The molecular weight excluding hydrogens is 299 g/mol. The topological polar surface area (TPSA) is 29.5 Å². The number of benzene rings is 2. The minimum Gasteiger partial charge on any atom is -0.454 e. The molecule has 0 unspecified atom stereocenters. The Hall–Kier alpha value is -1.39. The standard InChI is InChI=1S/C14H12BrFO2/c1-9-6-12(4-2-10(9)8-17)18-14-5-3-11(15)7-13(14)16/h2-7,17H,8H2,1H3. The molecular formula is C14H12BrFO2. The van der Waals surface area contributed by atoms with Gasteiger partial charge in [-0.15, -0.1) is 0 Å². The fraction of sp³-hybridized carbons (Fsp3) is 0.143. The van der Waals surface area contributed by atoms with E-state index in [0.29, 0.717) is 10.2 Å². The van der Waals surface area contributed by atoms with Gasteiger partial charge in [0.05, 0.1) is 6.61 Å². The van der Waals surface area contributed by atoms with Crippen molar-refractivity contribution in [1.29, 1.82) is 0 Å². The average Bonchev–Trinajstić information content (AvgIpc) is 2.33. The summed E-state index contributed by atoms with van der Waals surface area (Å²) < 4.78 is 19.7. The molecule has 0 aliphatic carbocycles. The third kappa shape index (κ3) is 2.89. The number of rotatable bonds is 3. The Balaban J connectivity index is 2.26. The van der Waals surface area contributed by atoms with Crippen LogP contribution >= 0.6 is 15.9 Å². The molecule has 0 aliphatic heterocycles. The van der Waals surface area contributed by atoms with E-state index in [1.807, 2.05) is 6.92 Å². The molecule has 0 amide bonds. The molecule has 2 nitrogen and oxygen atoms in total. The predicted octanol–water partition coefficient (Wildman–Crippen LogP) is 4.18. The first-order valence-corrected chi connectivity index (χ1v) is 6.23. The first-order valence-electron chi connectivity index (χ1n) is 5.43. The molecule has 0 spiro atoms. The van der Waals surface area contributed by atoms with Crippen molar-refractivity contribution in [3.8, 4) is 11.5 Å². The van der Waals surface area contributed by atoms with Gasteiger partial charge in [-0.25, -0.2) is 4.39 Å². The van der Waals surface area contributed by atoms with Gasteiger partial charge in [-0.1, -0.05) is 22.0 Å². The van der Waals surface area contributed by atoms with Crippen LogP contribution in [-0.4, -0.2) is 5.11 Å². The lowest BCUT2D eigenvalue weighted by Gasteiger charge is -2.09. The van der Waals surface area contributed by atoms with Crippen LogP contribution in [0, 0.1) is 12.7 Å². The van der Waals surface area contributed by atoms with Crippen LogP contribution in [0.2, 0.25) is 0 Å². The minimum absolute atomic E-state index is 0.0151. The Morgan fingerprint density at radius 3 is 2.61 bits per heavy atom. The molecule has 0 saturated heterocycles. The van der Waals surface area contributed by atoms with Crippen LogP contribution < -0.4 is 4.74 Å². The molecule has 1 N–H and O–H groups in total. The van der Waals surface area contributed by atoms with Gasteiger partial charge >= 0.3 is 0 Å². The molecule has 0 aliphatic rings. The zero-order chi connectivity index (χ0) is 13.1. The summed E-state index contributed by atoms with van der Waals surface area (Å²) in [6.07, 6.45) is 0. The lowest BCUT2D eigenvalue weighted by atomic mass is 10.1. The van der Waals surface area contributed by atoms with Crippen molar-refractivity contribution in [2.24, 2.45) is 0 Å². The van der Waals surface area contributed by atoms with E-state index in [2.05, 4.69) is 15.9 Å². The van der Waals surface area contributed by atoms with E-state index < -0.39 is 5.82 Å². The van der Waals surface area contributed by atoms with E-state index in [-0.39, 0.29) is 12.4 Å². The molecule has 0 bridgehead atoms. The van der Waals surface area contributed by atoms with E-state index in [1.54, 1.807) is 30.3 Å². The Morgan fingerprint density at radius 1 is 1.22 bits per heavy atom. The van der Waals surface area contributed by atoms with Gasteiger partial charge in [0.25, 0.3) is 0 Å². The molecule has 2 rings (SSSR count). The SMILES string of the molecule is Cc1cc(Oc2ccc(Br)cc2F)ccc1CO. The summed E-state index contributed by atoms with van der Waals surface area (Å²) in [5, 5.41) is 9.07. The first-order chi connectivity index (χ1) is 8.60. The van der Waals surface area contributed by atoms with Crippen molar-refractivity contribution in [2.45, 2.75) is 13.5 Å². The molecule has 18 heavy (non-hydrogen) atoms. The summed E-state index contributed by atoms with van der Waals surface area (Å²) in [5.41, 5.74) is 1.74. The Labute approximate surface area is 113 Å². The van der Waals surface area contributed by atoms with Crippen LogP contribution in [-0.2, 0) is 6.61 Å². The van der Waals surface area contributed by atoms with Crippen molar-refractivity contribution in [3.05, 3.63) is 57.8 Å². The fourth-order valence-corrected chi connectivity index (χ4v) is 1.93. The van der Waals surface area contributed by atoms with E-state index in [1.165, 1.54) is 6.07 Å². The predicted molar refractivity (Wildman–Crippen MR) is 71.3 cm³/mol. The largest absolute Gasteiger partial charge is 0.454 e. The maximum atomic E-state index is 13.6. The molecule has 0 atom stereocenters. The summed E-state index contributed by atoms with van der Waals surface area (Å²) in [5.74, 6) is 0.300. The zero-order valence-electron chi connectivity index (χ0n) is 9.78. The first kappa shape index (κ1) is 13.1. The Kier molecular flexibility index (Phi) is 3.99. The van der Waals surface area contributed by atoms with E-state index >= 15 is 0 Å². The summed E-state index contributed by atoms with van der Waals surface area (Å²) in [4.78, 5) is 0. The molecule has 0 radical (unpaired) electrons. The molecule has 4 heteroatoms. The van der Waals surface area contributed by atoms with Crippen molar-refractivity contribution in [3.63, 3.8) is 0 Å². The highest BCUT2D eigenvalue weighted by Crippen LogP contribution is 2.28. The van der Waals surface area contributed by atoms with Crippen molar-refractivity contribution >= 4 is 15.9 Å². The summed E-state index contributed by atoms with van der Waals surface area (Å²) in [6, 6.07) is 9.88. The number of aliphatic hydroxyl groups is 1. The van der Waals surface area contributed by atoms with Gasteiger partial charge in [0.15, 0.2) is 11.6 Å². The van der Waals surface area contributed by atoms with Gasteiger partial charge in [0.1, 0.15) is 5.75 Å². The average molecular weight is 311 g/mol. The van der Waals surface area contributed by atoms with Crippen LogP contribution in [0.15, 0.2) is 40.9 Å². The van der Waals surface area contributed by atoms with E-state index in [0.717, 1.165) is 11.1 Å². The number of halogens is 2. The van der Waals surface area contributed by atoms with Crippen molar-refractivity contribution < 1.29 is 14.2 Å². The fourth-order valence-electron chi connectivity index (χ4n) is 1.59. The van der Waals surface area contributed by atoms with Gasteiger partial charge in [-0.05, 0) is 48.4 Å². The number of aryl methyl sites for hydroxylation is 1. The van der Waals surface area contributed by atoms with Crippen LogP contribution in [0.25, 0.3) is 0 Å². The molecule has 0 aromatic heterocycles. The van der Waals surface area contributed by atoms with E-state index in [4.69, 9.17) is 9.84 Å². The maximum Gasteiger partial charge on any atom is 0.166 e. The lowest BCUT2D eigenvalue weighted by molar-refractivity contribution is 0.281.